The molecular formula is C16H18BrFN2O. The number of nitrogens with zero attached hydrogens (tertiary/aromatic N) is 1. The van der Waals surface area contributed by atoms with Crippen molar-refractivity contribution in [3.05, 3.63) is 51.9 Å². The molecule has 0 aliphatic heterocycles. The third-order valence-electron chi connectivity index (χ3n) is 2.96. The van der Waals surface area contributed by atoms with E-state index in [1.165, 1.54) is 0 Å². The lowest BCUT2D eigenvalue weighted by molar-refractivity contribution is 0.417. The first-order valence-electron chi connectivity index (χ1n) is 6.78. The average molecular weight is 353 g/mol. The molecule has 0 amide bonds. The van der Waals surface area contributed by atoms with E-state index in [-0.39, 0.29) is 11.6 Å². The van der Waals surface area contributed by atoms with E-state index in [0.29, 0.717) is 24.0 Å². The Balaban J connectivity index is 2.28. The molecule has 112 valence electrons. The van der Waals surface area contributed by atoms with Crippen LogP contribution in [0.25, 0.3) is 0 Å². The molecule has 2 rings (SSSR count). The van der Waals surface area contributed by atoms with Crippen molar-refractivity contribution in [1.82, 2.24) is 10.3 Å². The van der Waals surface area contributed by atoms with E-state index in [0.717, 1.165) is 10.0 Å². The Bertz CT molecular complexity index is 632. The summed E-state index contributed by atoms with van der Waals surface area (Å²) in [4.78, 5) is 4.25. The standard InChI is InChI=1S/C16H18BrFN2O/c1-10(2)19-8-12-7-13(17)9-20-16(12)21-14-6-4-5-11(3)15(14)18/h4-7,9-10,19H,8H2,1-3H3. The van der Waals surface area contributed by atoms with Gasteiger partial charge in [-0.1, -0.05) is 26.0 Å². The molecule has 0 atom stereocenters. The van der Waals surface area contributed by atoms with Crippen LogP contribution in [0.4, 0.5) is 4.39 Å². The highest BCUT2D eigenvalue weighted by Crippen LogP contribution is 2.28. The van der Waals surface area contributed by atoms with Gasteiger partial charge in [-0.15, -0.1) is 0 Å². The molecule has 0 fully saturated rings. The molecule has 0 saturated heterocycles. The number of hydrogen-bond acceptors (Lipinski definition) is 3. The van der Waals surface area contributed by atoms with Gasteiger partial charge in [0.05, 0.1) is 0 Å². The van der Waals surface area contributed by atoms with Crippen LogP contribution in [0.5, 0.6) is 11.6 Å². The van der Waals surface area contributed by atoms with Crippen molar-refractivity contribution in [2.75, 3.05) is 0 Å². The van der Waals surface area contributed by atoms with Crippen molar-refractivity contribution in [2.24, 2.45) is 0 Å². The quantitative estimate of drug-likeness (QED) is 0.854. The van der Waals surface area contributed by atoms with Crippen molar-refractivity contribution in [2.45, 2.75) is 33.4 Å². The Morgan fingerprint density at radius 1 is 1.38 bits per heavy atom. The molecule has 0 unspecified atom stereocenters. The van der Waals surface area contributed by atoms with E-state index in [1.54, 1.807) is 31.3 Å². The molecule has 0 bridgehead atoms. The number of hydrogen-bond donors (Lipinski definition) is 1. The first kappa shape index (κ1) is 15.9. The molecule has 1 aromatic heterocycles. The Morgan fingerprint density at radius 2 is 2.14 bits per heavy atom. The fourth-order valence-electron chi connectivity index (χ4n) is 1.80. The predicted octanol–water partition coefficient (Wildman–Crippen LogP) is 4.58. The van der Waals surface area contributed by atoms with E-state index >= 15 is 0 Å². The zero-order chi connectivity index (χ0) is 15.4. The van der Waals surface area contributed by atoms with Gasteiger partial charge >= 0.3 is 0 Å². The number of halogens is 2. The molecule has 0 saturated carbocycles. The Kier molecular flexibility index (Phi) is 5.31. The SMILES string of the molecule is Cc1cccc(Oc2ncc(Br)cc2CNC(C)C)c1F. The van der Waals surface area contributed by atoms with E-state index in [1.807, 2.05) is 6.07 Å². The third-order valence-corrected chi connectivity index (χ3v) is 3.39. The van der Waals surface area contributed by atoms with E-state index < -0.39 is 0 Å². The minimum absolute atomic E-state index is 0.190. The van der Waals surface area contributed by atoms with Crippen LogP contribution in [0.2, 0.25) is 0 Å². The van der Waals surface area contributed by atoms with Crippen LogP contribution in [0.3, 0.4) is 0 Å². The molecule has 1 aromatic carbocycles. The highest BCUT2D eigenvalue weighted by molar-refractivity contribution is 9.10. The van der Waals surface area contributed by atoms with Crippen molar-refractivity contribution >= 4 is 15.9 Å². The minimum atomic E-state index is -0.356. The first-order chi connectivity index (χ1) is 9.97. The van der Waals surface area contributed by atoms with Gasteiger partial charge in [0.2, 0.25) is 5.88 Å². The van der Waals surface area contributed by atoms with Crippen molar-refractivity contribution in [3.63, 3.8) is 0 Å². The summed E-state index contributed by atoms with van der Waals surface area (Å²) in [5, 5.41) is 3.31. The molecule has 21 heavy (non-hydrogen) atoms. The summed E-state index contributed by atoms with van der Waals surface area (Å²) in [6.45, 7) is 6.43. The normalized spacial score (nSPS) is 11.0. The lowest BCUT2D eigenvalue weighted by atomic mass is 10.2. The monoisotopic (exact) mass is 352 g/mol. The Morgan fingerprint density at radius 3 is 2.86 bits per heavy atom. The van der Waals surface area contributed by atoms with Crippen LogP contribution in [-0.4, -0.2) is 11.0 Å². The van der Waals surface area contributed by atoms with Crippen LogP contribution >= 0.6 is 15.9 Å². The molecule has 1 N–H and O–H groups in total. The number of nitrogens with one attached hydrogen (secondary N) is 1. The van der Waals surface area contributed by atoms with Gasteiger partial charge in [0, 0.05) is 28.8 Å². The number of benzene rings is 1. The highest BCUT2D eigenvalue weighted by Gasteiger charge is 2.12. The first-order valence-corrected chi connectivity index (χ1v) is 7.57. The molecule has 0 aliphatic carbocycles. The zero-order valence-electron chi connectivity index (χ0n) is 12.3. The van der Waals surface area contributed by atoms with Gasteiger partial charge in [-0.2, -0.15) is 0 Å². The summed E-state index contributed by atoms with van der Waals surface area (Å²) in [5.41, 5.74) is 1.42. The van der Waals surface area contributed by atoms with E-state index in [2.05, 4.69) is 40.1 Å². The van der Waals surface area contributed by atoms with Crippen LogP contribution in [0.1, 0.15) is 25.0 Å². The molecule has 0 radical (unpaired) electrons. The van der Waals surface area contributed by atoms with E-state index in [4.69, 9.17) is 4.74 Å². The lowest BCUT2D eigenvalue weighted by Gasteiger charge is -2.13. The zero-order valence-corrected chi connectivity index (χ0v) is 13.9. The van der Waals surface area contributed by atoms with Crippen LogP contribution in [0, 0.1) is 12.7 Å². The van der Waals surface area contributed by atoms with E-state index in [9.17, 15) is 4.39 Å². The van der Waals surface area contributed by atoms with Crippen LogP contribution in [0.15, 0.2) is 34.9 Å². The van der Waals surface area contributed by atoms with Gasteiger partial charge in [0.15, 0.2) is 11.6 Å². The molecule has 1 heterocycles. The topological polar surface area (TPSA) is 34.1 Å². The fourth-order valence-corrected chi connectivity index (χ4v) is 2.18. The Hall–Kier alpha value is -1.46. The third kappa shape index (κ3) is 4.25. The maximum atomic E-state index is 14.0. The summed E-state index contributed by atoms with van der Waals surface area (Å²) in [6, 6.07) is 7.33. The van der Waals surface area contributed by atoms with Gasteiger partial charge in [0.1, 0.15) is 0 Å². The second-order valence-electron chi connectivity index (χ2n) is 5.14. The molecule has 0 aliphatic rings. The Labute approximate surface area is 132 Å². The molecular weight excluding hydrogens is 335 g/mol. The number of aromatic nitrogens is 1. The summed E-state index contributed by atoms with van der Waals surface area (Å²) in [7, 11) is 0. The second kappa shape index (κ2) is 7.00. The maximum Gasteiger partial charge on any atom is 0.223 e. The molecule has 2 aromatic rings. The van der Waals surface area contributed by atoms with Crippen molar-refractivity contribution < 1.29 is 9.13 Å². The molecule has 5 heteroatoms. The highest BCUT2D eigenvalue weighted by atomic mass is 79.9. The van der Waals surface area contributed by atoms with Crippen LogP contribution in [-0.2, 0) is 6.54 Å². The largest absolute Gasteiger partial charge is 0.436 e. The minimum Gasteiger partial charge on any atom is -0.436 e. The summed E-state index contributed by atoms with van der Waals surface area (Å²) >= 11 is 3.39. The van der Waals surface area contributed by atoms with Crippen LogP contribution < -0.4 is 10.1 Å². The van der Waals surface area contributed by atoms with Crippen molar-refractivity contribution in [3.8, 4) is 11.6 Å². The number of pyridine rings is 1. The summed E-state index contributed by atoms with van der Waals surface area (Å²) < 4.78 is 20.6. The fraction of sp³-hybridized carbons (Fsp3) is 0.312. The lowest BCUT2D eigenvalue weighted by Crippen LogP contribution is -2.22. The maximum absolute atomic E-state index is 14.0. The molecule has 3 nitrogen and oxygen atoms in total. The molecule has 0 spiro atoms. The summed E-state index contributed by atoms with van der Waals surface area (Å²) in [5.74, 6) is 0.247. The van der Waals surface area contributed by atoms with Gasteiger partial charge in [0.25, 0.3) is 0 Å². The predicted molar refractivity (Wildman–Crippen MR) is 85.1 cm³/mol. The number of aryl methyl sites for hydroxylation is 1. The average Bonchev–Trinajstić information content (AvgIpc) is 2.43. The van der Waals surface area contributed by atoms with Gasteiger partial charge in [-0.3, -0.25) is 0 Å². The number of rotatable bonds is 5. The van der Waals surface area contributed by atoms with Gasteiger partial charge in [-0.25, -0.2) is 9.37 Å². The second-order valence-corrected chi connectivity index (χ2v) is 6.06. The smallest absolute Gasteiger partial charge is 0.223 e. The van der Waals surface area contributed by atoms with Gasteiger partial charge in [-0.05, 0) is 40.5 Å². The number of ether oxygens (including phenoxy) is 1. The van der Waals surface area contributed by atoms with Crippen molar-refractivity contribution in [1.29, 1.82) is 0 Å². The summed E-state index contributed by atoms with van der Waals surface area (Å²) in [6.07, 6.45) is 1.64. The van der Waals surface area contributed by atoms with Gasteiger partial charge < -0.3 is 10.1 Å².